The Labute approximate surface area is 141 Å². The molecule has 24 heavy (non-hydrogen) atoms. The Hall–Kier alpha value is -2.87. The zero-order chi connectivity index (χ0) is 17.3. The summed E-state index contributed by atoms with van der Waals surface area (Å²) < 4.78 is 10.7. The second kappa shape index (κ2) is 5.97. The van der Waals surface area contributed by atoms with Gasteiger partial charge in [-0.15, -0.1) is 0 Å². The summed E-state index contributed by atoms with van der Waals surface area (Å²) >= 11 is 0. The molecule has 1 aromatic carbocycles. The predicted molar refractivity (Wildman–Crippen MR) is 91.9 cm³/mol. The van der Waals surface area contributed by atoms with Gasteiger partial charge in [-0.2, -0.15) is 0 Å². The first-order valence-corrected chi connectivity index (χ1v) is 7.76. The molecule has 5 heteroatoms. The molecule has 1 unspecified atom stereocenters. The van der Waals surface area contributed by atoms with Crippen LogP contribution in [-0.2, 0) is 0 Å². The van der Waals surface area contributed by atoms with Gasteiger partial charge in [0.2, 0.25) is 5.55 Å². The number of nitrogens with zero attached hydrogens (tertiary/aromatic N) is 2. The smallest absolute Gasteiger partial charge is 0.227 e. The van der Waals surface area contributed by atoms with Crippen LogP contribution >= 0.6 is 0 Å². The molecule has 124 valence electrons. The van der Waals surface area contributed by atoms with Crippen molar-refractivity contribution in [2.75, 3.05) is 7.11 Å². The third kappa shape index (κ3) is 3.09. The summed E-state index contributed by atoms with van der Waals surface area (Å²) in [4.78, 5) is 6.48. The first-order chi connectivity index (χ1) is 11.4. The number of ether oxygens (including phenoxy) is 1. The lowest BCUT2D eigenvalue weighted by molar-refractivity contribution is 0.368. The van der Waals surface area contributed by atoms with E-state index in [1.807, 2.05) is 30.3 Å². The molecule has 5 nitrogen and oxygen atoms in total. The van der Waals surface area contributed by atoms with Crippen molar-refractivity contribution in [2.45, 2.75) is 26.9 Å². The van der Waals surface area contributed by atoms with Gasteiger partial charge in [-0.05, 0) is 44.5 Å². The minimum absolute atomic E-state index is 0.137. The third-order valence-electron chi connectivity index (χ3n) is 3.63. The minimum Gasteiger partial charge on any atom is -0.497 e. The van der Waals surface area contributed by atoms with Crippen molar-refractivity contribution < 1.29 is 9.15 Å². The molecule has 0 aliphatic carbocycles. The molecular formula is C19H21N3O2. The maximum Gasteiger partial charge on any atom is 0.227 e. The first-order valence-electron chi connectivity index (χ1n) is 7.76. The minimum atomic E-state index is -0.357. The molecule has 1 aromatic heterocycles. The van der Waals surface area contributed by atoms with Crippen LogP contribution in [0.2, 0.25) is 0 Å². The zero-order valence-corrected chi connectivity index (χ0v) is 14.3. The Kier molecular flexibility index (Phi) is 3.98. The second-order valence-electron chi connectivity index (χ2n) is 6.66. The summed E-state index contributed by atoms with van der Waals surface area (Å²) in [5.41, 5.74) is 7.70. The summed E-state index contributed by atoms with van der Waals surface area (Å²) in [6, 6.07) is 12.7. The fourth-order valence-corrected chi connectivity index (χ4v) is 2.38. The van der Waals surface area contributed by atoms with Crippen LogP contribution in [0.3, 0.4) is 0 Å². The largest absolute Gasteiger partial charge is 0.497 e. The number of furan rings is 1. The van der Waals surface area contributed by atoms with Crippen molar-refractivity contribution in [1.29, 1.82) is 0 Å². The molecule has 0 radical (unpaired) electrons. The van der Waals surface area contributed by atoms with E-state index in [2.05, 4.69) is 37.7 Å². The van der Waals surface area contributed by atoms with Crippen LogP contribution in [0.1, 0.15) is 32.5 Å². The SMILES string of the molecule is COc1ccc(C2N=c3occc3=C(N)N2C#CC(C)(C)C)cc1. The maximum absolute atomic E-state index is 6.34. The van der Waals surface area contributed by atoms with Gasteiger partial charge in [-0.3, -0.25) is 4.90 Å². The van der Waals surface area contributed by atoms with Gasteiger partial charge >= 0.3 is 0 Å². The number of rotatable bonds is 2. The fraction of sp³-hybridized carbons (Fsp3) is 0.316. The van der Waals surface area contributed by atoms with Crippen LogP contribution in [0.25, 0.3) is 5.82 Å². The van der Waals surface area contributed by atoms with Crippen LogP contribution in [0, 0.1) is 17.4 Å². The summed E-state index contributed by atoms with van der Waals surface area (Å²) in [6.45, 7) is 6.18. The number of hydrogen-bond donors (Lipinski definition) is 1. The number of benzene rings is 1. The van der Waals surface area contributed by atoms with E-state index in [9.17, 15) is 0 Å². The molecule has 2 aromatic rings. The number of hydrogen-bond acceptors (Lipinski definition) is 5. The quantitative estimate of drug-likeness (QED) is 0.858. The first kappa shape index (κ1) is 16.0. The molecule has 0 bridgehead atoms. The monoisotopic (exact) mass is 323 g/mol. The van der Waals surface area contributed by atoms with Gasteiger partial charge in [0.05, 0.1) is 18.6 Å². The van der Waals surface area contributed by atoms with Gasteiger partial charge in [0.15, 0.2) is 6.17 Å². The summed E-state index contributed by atoms with van der Waals surface area (Å²) in [5.74, 6) is 4.56. The van der Waals surface area contributed by atoms with Gasteiger partial charge in [-0.25, -0.2) is 4.99 Å². The molecule has 1 aliphatic rings. The van der Waals surface area contributed by atoms with Crippen molar-refractivity contribution in [3.8, 4) is 17.7 Å². The fourth-order valence-electron chi connectivity index (χ4n) is 2.38. The van der Waals surface area contributed by atoms with Crippen molar-refractivity contribution in [3.63, 3.8) is 0 Å². The lowest BCUT2D eigenvalue weighted by Gasteiger charge is -2.27. The summed E-state index contributed by atoms with van der Waals surface area (Å²) in [6.07, 6.45) is 1.23. The third-order valence-corrected chi connectivity index (χ3v) is 3.63. The summed E-state index contributed by atoms with van der Waals surface area (Å²) in [5, 5.41) is 0.767. The standard InChI is InChI=1S/C19H21N3O2/c1-19(2,3)10-11-22-16(20)15-9-12-24-18(15)21-17(22)13-5-7-14(23-4)8-6-13/h5-9,12,17H,20H2,1-4H3. The highest BCUT2D eigenvalue weighted by Crippen LogP contribution is 2.27. The van der Waals surface area contributed by atoms with E-state index in [-0.39, 0.29) is 11.6 Å². The van der Waals surface area contributed by atoms with E-state index in [4.69, 9.17) is 14.9 Å². The highest BCUT2D eigenvalue weighted by Gasteiger charge is 2.25. The second-order valence-corrected chi connectivity index (χ2v) is 6.66. The Morgan fingerprint density at radius 1 is 1.21 bits per heavy atom. The van der Waals surface area contributed by atoms with Crippen molar-refractivity contribution in [1.82, 2.24) is 4.90 Å². The molecule has 0 amide bonds. The van der Waals surface area contributed by atoms with E-state index in [0.29, 0.717) is 11.4 Å². The van der Waals surface area contributed by atoms with E-state index < -0.39 is 0 Å². The van der Waals surface area contributed by atoms with Crippen molar-refractivity contribution in [3.05, 3.63) is 52.9 Å². The molecule has 0 saturated heterocycles. The van der Waals surface area contributed by atoms with E-state index in [0.717, 1.165) is 16.5 Å². The number of nitrogens with two attached hydrogens (primary N) is 1. The molecule has 2 heterocycles. The Bertz CT molecular complexity index is 908. The van der Waals surface area contributed by atoms with Crippen LogP contribution in [0.5, 0.6) is 5.75 Å². The van der Waals surface area contributed by atoms with Gasteiger partial charge in [0, 0.05) is 11.5 Å². The normalized spacial score (nSPS) is 16.8. The average molecular weight is 323 g/mol. The van der Waals surface area contributed by atoms with Crippen LogP contribution < -0.4 is 21.2 Å². The lowest BCUT2D eigenvalue weighted by Crippen LogP contribution is -2.41. The van der Waals surface area contributed by atoms with Gasteiger partial charge < -0.3 is 14.9 Å². The topological polar surface area (TPSA) is 64.0 Å². The van der Waals surface area contributed by atoms with Crippen molar-refractivity contribution in [2.24, 2.45) is 16.1 Å². The van der Waals surface area contributed by atoms with Crippen molar-refractivity contribution >= 4 is 5.82 Å². The molecule has 2 N–H and O–H groups in total. The van der Waals surface area contributed by atoms with Gasteiger partial charge in [-0.1, -0.05) is 18.1 Å². The maximum atomic E-state index is 6.34. The van der Waals surface area contributed by atoms with Gasteiger partial charge in [0.25, 0.3) is 0 Å². The average Bonchev–Trinajstić information content (AvgIpc) is 3.02. The molecule has 1 atom stereocenters. The Balaban J connectivity index is 2.11. The molecule has 3 rings (SSSR count). The lowest BCUT2D eigenvalue weighted by atomic mass is 9.98. The predicted octanol–water partition coefficient (Wildman–Crippen LogP) is 1.95. The zero-order valence-electron chi connectivity index (χ0n) is 14.3. The van der Waals surface area contributed by atoms with E-state index in [1.165, 1.54) is 0 Å². The number of fused-ring (bicyclic) bond motifs is 1. The molecule has 0 fully saturated rings. The van der Waals surface area contributed by atoms with Crippen LogP contribution in [0.15, 0.2) is 46.0 Å². The van der Waals surface area contributed by atoms with E-state index in [1.54, 1.807) is 18.3 Å². The molecular weight excluding hydrogens is 302 g/mol. The Morgan fingerprint density at radius 3 is 2.54 bits per heavy atom. The highest BCUT2D eigenvalue weighted by molar-refractivity contribution is 5.45. The Morgan fingerprint density at radius 2 is 1.92 bits per heavy atom. The molecule has 1 aliphatic heterocycles. The number of methoxy groups -OCH3 is 1. The molecule has 0 saturated carbocycles. The van der Waals surface area contributed by atoms with E-state index >= 15 is 0 Å². The van der Waals surface area contributed by atoms with Crippen LogP contribution in [-0.4, -0.2) is 12.0 Å². The molecule has 0 spiro atoms. The van der Waals surface area contributed by atoms with Crippen LogP contribution in [0.4, 0.5) is 0 Å². The summed E-state index contributed by atoms with van der Waals surface area (Å²) in [7, 11) is 1.64. The van der Waals surface area contributed by atoms with Gasteiger partial charge in [0.1, 0.15) is 11.6 Å². The highest BCUT2D eigenvalue weighted by atomic mass is 16.5.